The SMILES string of the molecule is Cn1c(Cl)cnc1CNC(=O)c1ccc(Cl)c(S(=O)(=O)NC[C@H]2CCCO2)c1. The summed E-state index contributed by atoms with van der Waals surface area (Å²) in [6.45, 7) is 0.934. The van der Waals surface area contributed by atoms with Gasteiger partial charge in [-0.1, -0.05) is 23.2 Å². The van der Waals surface area contributed by atoms with Crippen LogP contribution in [0.1, 0.15) is 29.0 Å². The van der Waals surface area contributed by atoms with Crippen molar-refractivity contribution in [1.29, 1.82) is 0 Å². The van der Waals surface area contributed by atoms with Gasteiger partial charge in [0.25, 0.3) is 5.91 Å². The number of nitrogens with one attached hydrogen (secondary N) is 2. The Bertz CT molecular complexity index is 972. The lowest BCUT2D eigenvalue weighted by Gasteiger charge is -2.13. The van der Waals surface area contributed by atoms with Gasteiger partial charge in [-0.2, -0.15) is 0 Å². The van der Waals surface area contributed by atoms with E-state index < -0.39 is 15.9 Å². The summed E-state index contributed by atoms with van der Waals surface area (Å²) in [5, 5.41) is 3.17. The van der Waals surface area contributed by atoms with Crippen LogP contribution in [0.25, 0.3) is 0 Å². The highest BCUT2D eigenvalue weighted by Crippen LogP contribution is 2.23. The van der Waals surface area contributed by atoms with Gasteiger partial charge in [-0.05, 0) is 31.0 Å². The average molecular weight is 447 g/mol. The number of imidazole rings is 1. The molecule has 0 saturated carbocycles. The Kier molecular flexibility index (Phi) is 6.61. The number of rotatable bonds is 7. The minimum Gasteiger partial charge on any atom is -0.377 e. The number of hydrogen-bond acceptors (Lipinski definition) is 5. The maximum Gasteiger partial charge on any atom is 0.251 e. The second-order valence-corrected chi connectivity index (χ2v) is 8.90. The lowest BCUT2D eigenvalue weighted by Crippen LogP contribution is -2.32. The summed E-state index contributed by atoms with van der Waals surface area (Å²) >= 11 is 12.0. The Morgan fingerprint density at radius 1 is 1.39 bits per heavy atom. The summed E-state index contributed by atoms with van der Waals surface area (Å²) in [6.07, 6.45) is 3.04. The first-order chi connectivity index (χ1) is 13.3. The minimum atomic E-state index is -3.88. The van der Waals surface area contributed by atoms with Gasteiger partial charge in [0.1, 0.15) is 15.9 Å². The quantitative estimate of drug-likeness (QED) is 0.677. The van der Waals surface area contributed by atoms with Crippen LogP contribution >= 0.6 is 23.2 Å². The molecule has 28 heavy (non-hydrogen) atoms. The largest absolute Gasteiger partial charge is 0.377 e. The minimum absolute atomic E-state index is 0.0345. The lowest BCUT2D eigenvalue weighted by molar-refractivity contribution is 0.0949. The van der Waals surface area contributed by atoms with E-state index >= 15 is 0 Å². The number of benzene rings is 1. The molecule has 0 radical (unpaired) electrons. The van der Waals surface area contributed by atoms with Gasteiger partial charge >= 0.3 is 0 Å². The monoisotopic (exact) mass is 446 g/mol. The van der Waals surface area contributed by atoms with Crippen molar-refractivity contribution in [2.24, 2.45) is 7.05 Å². The van der Waals surface area contributed by atoms with Crippen molar-refractivity contribution in [2.45, 2.75) is 30.4 Å². The van der Waals surface area contributed by atoms with Gasteiger partial charge in [0.2, 0.25) is 10.0 Å². The summed E-state index contributed by atoms with van der Waals surface area (Å²) in [5.41, 5.74) is 0.169. The summed E-state index contributed by atoms with van der Waals surface area (Å²) < 4.78 is 34.8. The molecule has 2 aromatic rings. The van der Waals surface area contributed by atoms with Crippen molar-refractivity contribution in [2.75, 3.05) is 13.2 Å². The van der Waals surface area contributed by atoms with E-state index in [0.717, 1.165) is 12.8 Å². The number of hydrogen-bond donors (Lipinski definition) is 2. The molecule has 152 valence electrons. The van der Waals surface area contributed by atoms with Crippen molar-refractivity contribution in [3.63, 3.8) is 0 Å². The fourth-order valence-electron chi connectivity index (χ4n) is 2.79. The molecule has 1 amide bonds. The molecule has 1 aliphatic rings. The van der Waals surface area contributed by atoms with Gasteiger partial charge in [0.15, 0.2) is 0 Å². The molecule has 11 heteroatoms. The third-order valence-electron chi connectivity index (χ3n) is 4.44. The predicted molar refractivity (Wildman–Crippen MR) is 105 cm³/mol. The first-order valence-electron chi connectivity index (χ1n) is 8.63. The highest BCUT2D eigenvalue weighted by Gasteiger charge is 2.23. The van der Waals surface area contributed by atoms with E-state index in [-0.39, 0.29) is 34.7 Å². The number of ether oxygens (including phenoxy) is 1. The van der Waals surface area contributed by atoms with E-state index in [0.29, 0.717) is 17.6 Å². The summed E-state index contributed by atoms with van der Waals surface area (Å²) in [4.78, 5) is 16.4. The molecule has 2 heterocycles. The van der Waals surface area contributed by atoms with E-state index in [2.05, 4.69) is 15.0 Å². The molecule has 0 aliphatic carbocycles. The smallest absolute Gasteiger partial charge is 0.251 e. The van der Waals surface area contributed by atoms with Crippen LogP contribution in [0.2, 0.25) is 10.2 Å². The predicted octanol–water partition coefficient (Wildman–Crippen LogP) is 2.11. The van der Waals surface area contributed by atoms with Crippen LogP contribution in [-0.2, 0) is 28.4 Å². The molecule has 1 aromatic heterocycles. The van der Waals surface area contributed by atoms with Gasteiger partial charge in [-0.25, -0.2) is 18.1 Å². The Morgan fingerprint density at radius 3 is 2.82 bits per heavy atom. The van der Waals surface area contributed by atoms with Gasteiger partial charge in [0, 0.05) is 25.8 Å². The van der Waals surface area contributed by atoms with Crippen molar-refractivity contribution >= 4 is 39.1 Å². The topological polar surface area (TPSA) is 102 Å². The van der Waals surface area contributed by atoms with Crippen LogP contribution < -0.4 is 10.0 Å². The highest BCUT2D eigenvalue weighted by molar-refractivity contribution is 7.89. The summed E-state index contributed by atoms with van der Waals surface area (Å²) in [7, 11) is -2.16. The number of halogens is 2. The fourth-order valence-corrected chi connectivity index (χ4v) is 4.52. The van der Waals surface area contributed by atoms with Gasteiger partial charge in [-0.3, -0.25) is 4.79 Å². The molecular weight excluding hydrogens is 427 g/mol. The molecule has 3 rings (SSSR count). The first kappa shape index (κ1) is 21.1. The van der Waals surface area contributed by atoms with Crippen LogP contribution in [0.3, 0.4) is 0 Å². The number of amides is 1. The number of aromatic nitrogens is 2. The first-order valence-corrected chi connectivity index (χ1v) is 10.9. The van der Waals surface area contributed by atoms with Crippen LogP contribution in [0.4, 0.5) is 0 Å². The van der Waals surface area contributed by atoms with Crippen LogP contribution in [-0.4, -0.2) is 43.1 Å². The molecular formula is C17H20Cl2N4O4S. The number of carbonyl (C=O) groups excluding carboxylic acids is 1. The third kappa shape index (κ3) is 4.84. The molecule has 1 atom stereocenters. The zero-order chi connectivity index (χ0) is 20.3. The van der Waals surface area contributed by atoms with Gasteiger partial charge < -0.3 is 14.6 Å². The Morgan fingerprint density at radius 2 is 2.18 bits per heavy atom. The Balaban J connectivity index is 1.70. The molecule has 0 unspecified atom stereocenters. The normalized spacial score (nSPS) is 17.0. The Labute approximate surface area is 173 Å². The van der Waals surface area contributed by atoms with Crippen molar-refractivity contribution in [3.05, 3.63) is 46.0 Å². The van der Waals surface area contributed by atoms with Gasteiger partial charge in [0.05, 0.1) is 23.9 Å². The number of carbonyl (C=O) groups is 1. The van der Waals surface area contributed by atoms with E-state index in [4.69, 9.17) is 27.9 Å². The summed E-state index contributed by atoms with van der Waals surface area (Å²) in [5.74, 6) is 0.116. The molecule has 8 nitrogen and oxygen atoms in total. The maximum atomic E-state index is 12.6. The summed E-state index contributed by atoms with van der Waals surface area (Å²) in [6, 6.07) is 4.10. The number of nitrogens with zero attached hydrogens (tertiary/aromatic N) is 2. The molecule has 1 aliphatic heterocycles. The van der Waals surface area contributed by atoms with E-state index in [1.807, 2.05) is 0 Å². The van der Waals surface area contributed by atoms with E-state index in [1.165, 1.54) is 24.4 Å². The lowest BCUT2D eigenvalue weighted by atomic mass is 10.2. The standard InChI is InChI=1S/C17H20Cl2N4O4S/c1-23-15(19)9-20-16(23)10-21-17(24)11-4-5-13(18)14(7-11)28(25,26)22-8-12-3-2-6-27-12/h4-5,7,9,12,22H,2-3,6,8,10H2,1H3,(H,21,24)/t12-/m1/s1. The zero-order valence-corrected chi connectivity index (χ0v) is 17.4. The second kappa shape index (κ2) is 8.79. The average Bonchev–Trinajstić information content (AvgIpc) is 3.29. The zero-order valence-electron chi connectivity index (χ0n) is 15.1. The molecule has 0 bridgehead atoms. The Hall–Kier alpha value is -1.65. The maximum absolute atomic E-state index is 12.6. The van der Waals surface area contributed by atoms with Crippen LogP contribution in [0.5, 0.6) is 0 Å². The second-order valence-electron chi connectivity index (χ2n) is 6.37. The number of sulfonamides is 1. The highest BCUT2D eigenvalue weighted by atomic mass is 35.5. The van der Waals surface area contributed by atoms with Crippen molar-refractivity contribution in [1.82, 2.24) is 19.6 Å². The van der Waals surface area contributed by atoms with Crippen molar-refractivity contribution < 1.29 is 17.9 Å². The molecule has 0 spiro atoms. The van der Waals surface area contributed by atoms with Gasteiger partial charge in [-0.15, -0.1) is 0 Å². The molecule has 1 saturated heterocycles. The van der Waals surface area contributed by atoms with Crippen LogP contribution in [0.15, 0.2) is 29.3 Å². The van der Waals surface area contributed by atoms with Crippen LogP contribution in [0, 0.1) is 0 Å². The van der Waals surface area contributed by atoms with E-state index in [1.54, 1.807) is 11.6 Å². The van der Waals surface area contributed by atoms with Crippen molar-refractivity contribution in [3.8, 4) is 0 Å². The molecule has 1 aromatic carbocycles. The third-order valence-corrected chi connectivity index (χ3v) is 6.70. The fraction of sp³-hybridized carbons (Fsp3) is 0.412. The molecule has 2 N–H and O–H groups in total. The molecule has 1 fully saturated rings. The van der Waals surface area contributed by atoms with E-state index in [9.17, 15) is 13.2 Å².